The van der Waals surface area contributed by atoms with Crippen molar-refractivity contribution in [2.75, 3.05) is 0 Å². The van der Waals surface area contributed by atoms with Gasteiger partial charge in [0.25, 0.3) is 0 Å². The molecule has 5 rings (SSSR count). The first-order chi connectivity index (χ1) is 13.8. The summed E-state index contributed by atoms with van der Waals surface area (Å²) in [5, 5.41) is 21.7. The second-order valence-electron chi connectivity index (χ2n) is 6.53. The molecule has 2 aromatic heterocycles. The molecule has 0 aliphatic carbocycles. The van der Waals surface area contributed by atoms with Gasteiger partial charge in [0, 0.05) is 27.9 Å². The smallest absolute Gasteiger partial charge is 0.196 e. The Morgan fingerprint density at radius 3 is 2.68 bits per heavy atom. The van der Waals surface area contributed by atoms with Crippen LogP contribution < -0.4 is 10.4 Å². The van der Waals surface area contributed by atoms with E-state index in [0.717, 1.165) is 44.0 Å². The molecule has 0 atom stereocenters. The summed E-state index contributed by atoms with van der Waals surface area (Å²) >= 11 is 0. The number of azo groups is 1. The van der Waals surface area contributed by atoms with E-state index in [-0.39, 0.29) is 5.88 Å². The lowest BCUT2D eigenvalue weighted by atomic mass is 10.1. The zero-order chi connectivity index (χ0) is 18.9. The molecule has 0 unspecified atom stereocenters. The highest BCUT2D eigenvalue weighted by molar-refractivity contribution is 5.91. The van der Waals surface area contributed by atoms with E-state index in [9.17, 15) is 5.11 Å². The van der Waals surface area contributed by atoms with Gasteiger partial charge < -0.3 is 10.1 Å². The lowest BCUT2D eigenvalue weighted by Gasteiger charge is -1.94. The van der Waals surface area contributed by atoms with Gasteiger partial charge in [-0.2, -0.15) is 0 Å². The molecule has 1 aliphatic rings. The molecule has 5 nitrogen and oxygen atoms in total. The second-order valence-corrected chi connectivity index (χ2v) is 6.53. The van der Waals surface area contributed by atoms with Crippen LogP contribution >= 0.6 is 0 Å². The summed E-state index contributed by atoms with van der Waals surface area (Å²) in [6.07, 6.45) is 7.56. The molecule has 28 heavy (non-hydrogen) atoms. The molecular weight excluding hydrogens is 348 g/mol. The van der Waals surface area contributed by atoms with Gasteiger partial charge >= 0.3 is 0 Å². The van der Waals surface area contributed by atoms with E-state index in [0.29, 0.717) is 0 Å². The maximum Gasteiger partial charge on any atom is 0.196 e. The van der Waals surface area contributed by atoms with Gasteiger partial charge in [0.1, 0.15) is 0 Å². The van der Waals surface area contributed by atoms with Gasteiger partial charge in [-0.25, -0.2) is 0 Å². The highest BCUT2D eigenvalue weighted by Gasteiger charge is 2.09. The van der Waals surface area contributed by atoms with Crippen LogP contribution in [0.25, 0.3) is 28.8 Å². The maximum atomic E-state index is 10.3. The number of nitrogens with zero attached hydrogens (tertiary/aromatic N) is 3. The Morgan fingerprint density at radius 2 is 1.79 bits per heavy atom. The lowest BCUT2D eigenvalue weighted by Crippen LogP contribution is -2.08. The first-order valence-electron chi connectivity index (χ1n) is 8.94. The van der Waals surface area contributed by atoms with Crippen molar-refractivity contribution >= 4 is 34.4 Å². The van der Waals surface area contributed by atoms with Gasteiger partial charge in [-0.3, -0.25) is 4.98 Å². The van der Waals surface area contributed by atoms with Crippen LogP contribution in [0.4, 0.5) is 5.69 Å². The number of rotatable bonds is 3. The van der Waals surface area contributed by atoms with E-state index < -0.39 is 0 Å². The Kier molecular flexibility index (Phi) is 3.84. The number of hydrogen-bond donors (Lipinski definition) is 2. The molecule has 3 heterocycles. The number of aromatic amines is 1. The average molecular weight is 364 g/mol. The quantitative estimate of drug-likeness (QED) is 0.576. The Labute approximate surface area is 160 Å². The highest BCUT2D eigenvalue weighted by atomic mass is 16.3. The molecular formula is C23H16N4O. The number of benzene rings is 2. The number of para-hydroxylation sites is 1. The number of hydrogen-bond acceptors (Lipinski definition) is 4. The molecule has 2 aromatic carbocycles. The summed E-state index contributed by atoms with van der Waals surface area (Å²) in [6.45, 7) is 0. The summed E-state index contributed by atoms with van der Waals surface area (Å²) in [5.41, 5.74) is 4.17. The first kappa shape index (κ1) is 16.2. The molecule has 5 heteroatoms. The zero-order valence-corrected chi connectivity index (χ0v) is 14.9. The Balaban J connectivity index is 1.56. The summed E-state index contributed by atoms with van der Waals surface area (Å²) < 4.78 is 0. The Hall–Kier alpha value is -3.99. The summed E-state index contributed by atoms with van der Waals surface area (Å²) in [6, 6.07) is 19.6. The van der Waals surface area contributed by atoms with Crippen molar-refractivity contribution in [3.63, 3.8) is 0 Å². The molecule has 0 amide bonds. The van der Waals surface area contributed by atoms with Crippen molar-refractivity contribution < 1.29 is 5.11 Å². The van der Waals surface area contributed by atoms with E-state index in [1.807, 2.05) is 78.9 Å². The number of pyridine rings is 1. The van der Waals surface area contributed by atoms with Gasteiger partial charge in [0.15, 0.2) is 5.88 Å². The maximum absolute atomic E-state index is 10.3. The average Bonchev–Trinajstić information content (AvgIpc) is 3.28. The number of nitrogens with one attached hydrogen (secondary N) is 1. The molecule has 0 bridgehead atoms. The van der Waals surface area contributed by atoms with E-state index in [1.54, 1.807) is 6.20 Å². The topological polar surface area (TPSA) is 73.6 Å². The molecule has 0 saturated carbocycles. The van der Waals surface area contributed by atoms with Crippen molar-refractivity contribution in [2.45, 2.75) is 0 Å². The molecule has 0 fully saturated rings. The van der Waals surface area contributed by atoms with Crippen LogP contribution in [0.15, 0.2) is 83.2 Å². The predicted octanol–water partition coefficient (Wildman–Crippen LogP) is 4.02. The molecule has 0 saturated heterocycles. The normalized spacial score (nSPS) is 13.7. The predicted molar refractivity (Wildman–Crippen MR) is 110 cm³/mol. The summed E-state index contributed by atoms with van der Waals surface area (Å²) in [5.74, 6) is 0.161. The molecule has 2 N–H and O–H groups in total. The van der Waals surface area contributed by atoms with Gasteiger partial charge in [-0.1, -0.05) is 30.3 Å². The zero-order valence-electron chi connectivity index (χ0n) is 14.9. The van der Waals surface area contributed by atoms with Gasteiger partial charge in [0.05, 0.1) is 17.1 Å². The van der Waals surface area contributed by atoms with Crippen molar-refractivity contribution in [3.8, 4) is 5.88 Å². The van der Waals surface area contributed by atoms with Crippen LogP contribution in [0, 0.1) is 0 Å². The molecule has 4 aromatic rings. The molecule has 0 spiro atoms. The van der Waals surface area contributed by atoms with E-state index in [2.05, 4.69) is 20.2 Å². The van der Waals surface area contributed by atoms with Crippen molar-refractivity contribution in [1.29, 1.82) is 0 Å². The van der Waals surface area contributed by atoms with Crippen LogP contribution in [0.5, 0.6) is 5.88 Å². The largest absolute Gasteiger partial charge is 0.494 e. The fourth-order valence-corrected chi connectivity index (χ4v) is 3.32. The van der Waals surface area contributed by atoms with Gasteiger partial charge in [0.2, 0.25) is 0 Å². The fraction of sp³-hybridized carbons (Fsp3) is 0. The number of fused-ring (bicyclic) bond motifs is 2. The summed E-state index contributed by atoms with van der Waals surface area (Å²) in [4.78, 5) is 7.28. The van der Waals surface area contributed by atoms with E-state index >= 15 is 0 Å². The first-order valence-corrected chi connectivity index (χ1v) is 8.94. The third-order valence-corrected chi connectivity index (χ3v) is 4.70. The minimum Gasteiger partial charge on any atom is -0.494 e. The molecule has 134 valence electrons. The third-order valence-electron chi connectivity index (χ3n) is 4.70. The minimum atomic E-state index is 0.161. The van der Waals surface area contributed by atoms with Gasteiger partial charge in [-0.05, 0) is 53.8 Å². The monoisotopic (exact) mass is 364 g/mol. The number of aromatic hydroxyl groups is 1. The van der Waals surface area contributed by atoms with E-state index in [1.165, 1.54) is 0 Å². The van der Waals surface area contributed by atoms with Crippen molar-refractivity contribution in [2.24, 2.45) is 10.2 Å². The second kappa shape index (κ2) is 6.63. The lowest BCUT2D eigenvalue weighted by molar-refractivity contribution is 0.457. The Morgan fingerprint density at radius 1 is 0.893 bits per heavy atom. The standard InChI is InChI=1S/C23H16N4O/c28-23-19(17-6-1-2-7-20(17)25-23)13-15-8-10-18-21(26-27-22(18)14-15)11-9-16-5-3-4-12-24-16/h1-14,25,28H/b11-9+,15-13?. The van der Waals surface area contributed by atoms with Crippen molar-refractivity contribution in [3.05, 3.63) is 94.6 Å². The third kappa shape index (κ3) is 2.89. The van der Waals surface area contributed by atoms with Crippen LogP contribution in [0.2, 0.25) is 0 Å². The van der Waals surface area contributed by atoms with Crippen LogP contribution in [-0.2, 0) is 0 Å². The van der Waals surface area contributed by atoms with Crippen molar-refractivity contribution in [1.82, 2.24) is 9.97 Å². The fourth-order valence-electron chi connectivity index (χ4n) is 3.32. The number of H-pyrrole nitrogens is 1. The van der Waals surface area contributed by atoms with Gasteiger partial charge in [-0.15, -0.1) is 10.2 Å². The minimum absolute atomic E-state index is 0.161. The van der Waals surface area contributed by atoms with E-state index in [4.69, 9.17) is 0 Å². The molecule has 1 aliphatic heterocycles. The Bertz CT molecular complexity index is 1370. The molecule has 0 radical (unpaired) electrons. The summed E-state index contributed by atoms with van der Waals surface area (Å²) in [7, 11) is 0. The van der Waals surface area contributed by atoms with Crippen LogP contribution in [0.3, 0.4) is 0 Å². The SMILES string of the molecule is Oc1[nH]c2ccccc2c1C=c1ccc2c(c1)N=NC=2/C=C/c1ccccn1. The van der Waals surface area contributed by atoms with Crippen LogP contribution in [0.1, 0.15) is 11.3 Å². The van der Waals surface area contributed by atoms with Crippen LogP contribution in [-0.4, -0.2) is 15.1 Å². The number of aromatic nitrogens is 2. The highest BCUT2D eigenvalue weighted by Crippen LogP contribution is 2.27.